The van der Waals surface area contributed by atoms with E-state index in [2.05, 4.69) is 20.8 Å². The van der Waals surface area contributed by atoms with Crippen LogP contribution in [-0.2, 0) is 0 Å². The zero-order valence-corrected chi connectivity index (χ0v) is 10.6. The number of benzene rings is 1. The van der Waals surface area contributed by atoms with Crippen LogP contribution in [0.4, 0.5) is 0 Å². The van der Waals surface area contributed by atoms with E-state index in [-0.39, 0.29) is 5.91 Å². The second kappa shape index (κ2) is 5.59. The molecule has 7 heteroatoms. The summed E-state index contributed by atoms with van der Waals surface area (Å²) >= 11 is 5.93. The van der Waals surface area contributed by atoms with Crippen LogP contribution in [0.5, 0.6) is 0 Å². The molecule has 1 heterocycles. The predicted molar refractivity (Wildman–Crippen MR) is 66.8 cm³/mol. The highest BCUT2D eigenvalue weighted by Gasteiger charge is 2.13. The number of tetrazole rings is 1. The second-order valence-corrected chi connectivity index (χ2v) is 4.11. The molecule has 0 saturated heterocycles. The maximum atomic E-state index is 12.0. The smallest absolute Gasteiger partial charge is 0.253 e. The Kier molecular flexibility index (Phi) is 3.88. The molecule has 0 unspecified atom stereocenters. The highest BCUT2D eigenvalue weighted by molar-refractivity contribution is 6.31. The van der Waals surface area contributed by atoms with Gasteiger partial charge in [0.15, 0.2) is 0 Å². The Morgan fingerprint density at radius 2 is 2.33 bits per heavy atom. The van der Waals surface area contributed by atoms with Crippen molar-refractivity contribution < 1.29 is 4.79 Å². The minimum atomic E-state index is -0.168. The summed E-state index contributed by atoms with van der Waals surface area (Å²) in [6.45, 7) is 2.61. The first-order valence-electron chi connectivity index (χ1n) is 5.53. The lowest BCUT2D eigenvalue weighted by molar-refractivity contribution is 0.0953. The largest absolute Gasteiger partial charge is 0.352 e. The molecule has 6 nitrogen and oxygen atoms in total. The molecule has 0 aliphatic heterocycles. The first kappa shape index (κ1) is 12.5. The van der Waals surface area contributed by atoms with Crippen LogP contribution in [0.3, 0.4) is 0 Å². The van der Waals surface area contributed by atoms with E-state index >= 15 is 0 Å². The van der Waals surface area contributed by atoms with Crippen LogP contribution in [0, 0.1) is 0 Å². The van der Waals surface area contributed by atoms with Crippen LogP contribution in [-0.4, -0.2) is 32.7 Å². The minimum absolute atomic E-state index is 0.168. The van der Waals surface area contributed by atoms with Crippen molar-refractivity contribution in [3.63, 3.8) is 0 Å². The number of carbonyl (C=O) groups excluding carboxylic acids is 1. The van der Waals surface area contributed by atoms with E-state index in [1.54, 1.807) is 18.2 Å². The molecule has 18 heavy (non-hydrogen) atoms. The van der Waals surface area contributed by atoms with Gasteiger partial charge in [0, 0.05) is 11.6 Å². The van der Waals surface area contributed by atoms with E-state index in [0.29, 0.717) is 22.8 Å². The van der Waals surface area contributed by atoms with Gasteiger partial charge in [-0.15, -0.1) is 5.10 Å². The van der Waals surface area contributed by atoms with Crippen LogP contribution in [0.25, 0.3) is 5.69 Å². The molecule has 0 atom stereocenters. The maximum absolute atomic E-state index is 12.0. The van der Waals surface area contributed by atoms with Gasteiger partial charge in [0.1, 0.15) is 6.33 Å². The van der Waals surface area contributed by atoms with Crippen LogP contribution < -0.4 is 5.32 Å². The Balaban J connectivity index is 2.38. The normalized spacial score (nSPS) is 10.3. The van der Waals surface area contributed by atoms with Crippen molar-refractivity contribution in [3.05, 3.63) is 35.1 Å². The lowest BCUT2D eigenvalue weighted by Gasteiger charge is -2.09. The average molecular weight is 266 g/mol. The summed E-state index contributed by atoms with van der Waals surface area (Å²) in [5, 5.41) is 14.2. The summed E-state index contributed by atoms with van der Waals surface area (Å²) < 4.78 is 1.41. The number of hydrogen-bond acceptors (Lipinski definition) is 4. The Morgan fingerprint density at radius 3 is 3.00 bits per heavy atom. The quantitative estimate of drug-likeness (QED) is 0.908. The molecular formula is C11H12ClN5O. The molecule has 0 saturated carbocycles. The van der Waals surface area contributed by atoms with E-state index in [0.717, 1.165) is 6.42 Å². The topological polar surface area (TPSA) is 72.7 Å². The molecule has 2 rings (SSSR count). The summed E-state index contributed by atoms with van der Waals surface area (Å²) in [7, 11) is 0. The van der Waals surface area contributed by atoms with Crippen molar-refractivity contribution in [2.45, 2.75) is 13.3 Å². The number of aromatic nitrogens is 4. The number of halogens is 1. The fourth-order valence-electron chi connectivity index (χ4n) is 1.49. The molecule has 1 N–H and O–H groups in total. The molecule has 0 aliphatic carbocycles. The van der Waals surface area contributed by atoms with Crippen molar-refractivity contribution in [2.24, 2.45) is 0 Å². The summed E-state index contributed by atoms with van der Waals surface area (Å²) in [5.74, 6) is -0.168. The first-order chi connectivity index (χ1) is 8.72. The zero-order chi connectivity index (χ0) is 13.0. The van der Waals surface area contributed by atoms with Gasteiger partial charge >= 0.3 is 0 Å². The molecule has 0 bridgehead atoms. The van der Waals surface area contributed by atoms with E-state index in [9.17, 15) is 4.79 Å². The third kappa shape index (κ3) is 2.65. The zero-order valence-electron chi connectivity index (χ0n) is 9.80. The lowest BCUT2D eigenvalue weighted by atomic mass is 10.1. The number of nitrogens with zero attached hydrogens (tertiary/aromatic N) is 4. The van der Waals surface area contributed by atoms with Crippen LogP contribution in [0.15, 0.2) is 24.5 Å². The standard InChI is InChI=1S/C11H12ClN5O/c1-2-5-13-11(18)9-4-3-8(12)6-10(9)17-7-14-15-16-17/h3-4,6-7H,2,5H2,1H3,(H,13,18). The third-order valence-electron chi connectivity index (χ3n) is 2.34. The molecule has 1 aromatic heterocycles. The predicted octanol–water partition coefficient (Wildman–Crippen LogP) is 1.46. The van der Waals surface area contributed by atoms with Crippen molar-refractivity contribution in [1.82, 2.24) is 25.5 Å². The average Bonchev–Trinajstić information content (AvgIpc) is 2.89. The van der Waals surface area contributed by atoms with E-state index in [1.807, 2.05) is 6.92 Å². The molecule has 0 aliphatic rings. The third-order valence-corrected chi connectivity index (χ3v) is 2.57. The number of nitrogens with one attached hydrogen (secondary N) is 1. The SMILES string of the molecule is CCCNC(=O)c1ccc(Cl)cc1-n1cnnn1. The monoisotopic (exact) mass is 265 g/mol. The van der Waals surface area contributed by atoms with Crippen LogP contribution in [0.2, 0.25) is 5.02 Å². The molecule has 2 aromatic rings. The summed E-state index contributed by atoms with van der Waals surface area (Å²) in [6, 6.07) is 4.97. The minimum Gasteiger partial charge on any atom is -0.352 e. The van der Waals surface area contributed by atoms with Gasteiger partial charge in [-0.05, 0) is 35.0 Å². The van der Waals surface area contributed by atoms with E-state index in [1.165, 1.54) is 11.0 Å². The van der Waals surface area contributed by atoms with Gasteiger partial charge in [-0.1, -0.05) is 18.5 Å². The molecule has 0 radical (unpaired) electrons. The Morgan fingerprint density at radius 1 is 1.50 bits per heavy atom. The number of hydrogen-bond donors (Lipinski definition) is 1. The fraction of sp³-hybridized carbons (Fsp3) is 0.273. The number of carbonyl (C=O) groups is 1. The maximum Gasteiger partial charge on any atom is 0.253 e. The molecular weight excluding hydrogens is 254 g/mol. The summed E-state index contributed by atoms with van der Waals surface area (Å²) in [4.78, 5) is 12.0. The van der Waals surface area contributed by atoms with Gasteiger partial charge in [0.25, 0.3) is 5.91 Å². The van der Waals surface area contributed by atoms with Crippen LogP contribution >= 0.6 is 11.6 Å². The highest BCUT2D eigenvalue weighted by atomic mass is 35.5. The molecule has 0 fully saturated rings. The first-order valence-corrected chi connectivity index (χ1v) is 5.91. The van der Waals surface area contributed by atoms with Crippen molar-refractivity contribution >= 4 is 17.5 Å². The second-order valence-electron chi connectivity index (χ2n) is 3.67. The van der Waals surface area contributed by atoms with Gasteiger partial charge in [0.2, 0.25) is 0 Å². The van der Waals surface area contributed by atoms with Crippen molar-refractivity contribution in [1.29, 1.82) is 0 Å². The molecule has 1 aromatic carbocycles. The number of rotatable bonds is 4. The fourth-order valence-corrected chi connectivity index (χ4v) is 1.66. The van der Waals surface area contributed by atoms with E-state index < -0.39 is 0 Å². The Labute approximate surface area is 109 Å². The van der Waals surface area contributed by atoms with Gasteiger partial charge in [-0.25, -0.2) is 0 Å². The van der Waals surface area contributed by atoms with Crippen molar-refractivity contribution in [2.75, 3.05) is 6.54 Å². The molecule has 0 spiro atoms. The van der Waals surface area contributed by atoms with E-state index in [4.69, 9.17) is 11.6 Å². The Bertz CT molecular complexity index is 540. The highest BCUT2D eigenvalue weighted by Crippen LogP contribution is 2.19. The van der Waals surface area contributed by atoms with Crippen molar-refractivity contribution in [3.8, 4) is 5.69 Å². The number of amides is 1. The summed E-state index contributed by atoms with van der Waals surface area (Å²) in [6.07, 6.45) is 2.29. The Hall–Kier alpha value is -1.95. The molecule has 94 valence electrons. The van der Waals surface area contributed by atoms with Gasteiger partial charge in [-0.3, -0.25) is 4.79 Å². The van der Waals surface area contributed by atoms with Gasteiger partial charge in [0.05, 0.1) is 11.3 Å². The lowest BCUT2D eigenvalue weighted by Crippen LogP contribution is -2.25. The molecule has 1 amide bonds. The summed E-state index contributed by atoms with van der Waals surface area (Å²) in [5.41, 5.74) is 1.04. The van der Waals surface area contributed by atoms with Gasteiger partial charge in [-0.2, -0.15) is 4.68 Å². The van der Waals surface area contributed by atoms with Crippen LogP contribution in [0.1, 0.15) is 23.7 Å². The van der Waals surface area contributed by atoms with Gasteiger partial charge < -0.3 is 5.32 Å².